The van der Waals surface area contributed by atoms with Gasteiger partial charge in [0.1, 0.15) is 0 Å². The Morgan fingerprint density at radius 1 is 1.26 bits per heavy atom. The number of aromatic carboxylic acids is 1. The number of carboxylic acid groups (broad SMARTS) is 1. The minimum atomic E-state index is -4.66. The van der Waals surface area contributed by atoms with Gasteiger partial charge < -0.3 is 10.4 Å². The molecule has 2 rings (SSSR count). The normalized spacial score (nSPS) is 11.3. The summed E-state index contributed by atoms with van der Waals surface area (Å²) in [6.45, 7) is 0.145. The molecule has 11 heteroatoms. The molecule has 0 aliphatic carbocycles. The Hall–Kier alpha value is -2.56. The van der Waals surface area contributed by atoms with Crippen LogP contribution in [0.15, 0.2) is 17.8 Å². The van der Waals surface area contributed by atoms with Crippen molar-refractivity contribution in [2.75, 3.05) is 6.54 Å². The molecule has 2 aromatic heterocycles. The second kappa shape index (κ2) is 6.69. The average Bonchev–Trinajstić information content (AvgIpc) is 2.95. The Morgan fingerprint density at radius 3 is 2.43 bits per heavy atom. The predicted molar refractivity (Wildman–Crippen MR) is 72.1 cm³/mol. The third-order valence-corrected chi connectivity index (χ3v) is 3.47. The van der Waals surface area contributed by atoms with Crippen molar-refractivity contribution in [2.45, 2.75) is 12.6 Å². The first-order valence-electron chi connectivity index (χ1n) is 6.12. The second-order valence-corrected chi connectivity index (χ2v) is 5.17. The number of hydrogen-bond donors (Lipinski definition) is 2. The van der Waals surface area contributed by atoms with Crippen LogP contribution in [0.4, 0.5) is 13.2 Å². The van der Waals surface area contributed by atoms with Crippen LogP contribution < -0.4 is 5.32 Å². The summed E-state index contributed by atoms with van der Waals surface area (Å²) in [4.78, 5) is 32.4. The van der Waals surface area contributed by atoms with E-state index in [0.29, 0.717) is 11.4 Å². The molecule has 23 heavy (non-hydrogen) atoms. The van der Waals surface area contributed by atoms with E-state index in [1.807, 2.05) is 0 Å². The van der Waals surface area contributed by atoms with Crippen LogP contribution in [0, 0.1) is 0 Å². The van der Waals surface area contributed by atoms with E-state index in [-0.39, 0.29) is 17.8 Å². The zero-order valence-electron chi connectivity index (χ0n) is 11.3. The first-order valence-corrected chi connectivity index (χ1v) is 7.00. The van der Waals surface area contributed by atoms with E-state index in [1.54, 1.807) is 0 Å². The number of alkyl halides is 3. The van der Waals surface area contributed by atoms with Gasteiger partial charge in [-0.05, 0) is 0 Å². The maximum atomic E-state index is 12.3. The maximum Gasteiger partial charge on any atom is 0.451 e. The summed E-state index contributed by atoms with van der Waals surface area (Å²) in [5, 5.41) is 13.1. The highest BCUT2D eigenvalue weighted by Gasteiger charge is 2.34. The molecule has 7 nitrogen and oxygen atoms in total. The van der Waals surface area contributed by atoms with Gasteiger partial charge in [0.25, 0.3) is 5.91 Å². The molecule has 0 aliphatic rings. The number of carbonyl (C=O) groups excluding carboxylic acids is 1. The van der Waals surface area contributed by atoms with Gasteiger partial charge >= 0.3 is 12.1 Å². The molecule has 2 N–H and O–H groups in total. The van der Waals surface area contributed by atoms with Gasteiger partial charge in [0.05, 0.1) is 10.6 Å². The summed E-state index contributed by atoms with van der Waals surface area (Å²) in [6.07, 6.45) is -2.79. The van der Waals surface area contributed by atoms with Crippen LogP contribution in [0.25, 0.3) is 0 Å². The summed E-state index contributed by atoms with van der Waals surface area (Å²) in [5.74, 6) is -3.09. The lowest BCUT2D eigenvalue weighted by Gasteiger charge is -2.06. The molecule has 0 aromatic carbocycles. The van der Waals surface area contributed by atoms with E-state index in [4.69, 9.17) is 5.11 Å². The molecule has 0 saturated heterocycles. The minimum absolute atomic E-state index is 0.0764. The average molecular weight is 346 g/mol. The van der Waals surface area contributed by atoms with Crippen LogP contribution in [0.2, 0.25) is 0 Å². The number of nitrogens with zero attached hydrogens (tertiary/aromatic N) is 3. The van der Waals surface area contributed by atoms with Crippen LogP contribution in [0.5, 0.6) is 0 Å². The van der Waals surface area contributed by atoms with Gasteiger partial charge in [-0.3, -0.25) is 4.79 Å². The standard InChI is InChI=1S/C12H9F3N4O3S/c13-12(14,15)11-17-3-6(4-18-11)9(20)16-2-1-8-19-7(5-23-8)10(21)22/h3-5H,1-2H2,(H,16,20)(H,21,22). The van der Waals surface area contributed by atoms with Crippen molar-refractivity contribution in [3.05, 3.63) is 39.9 Å². The predicted octanol–water partition coefficient (Wildman–Crippen LogP) is 1.62. The zero-order chi connectivity index (χ0) is 17.0. The quantitative estimate of drug-likeness (QED) is 0.852. The molecule has 0 aliphatic heterocycles. The van der Waals surface area contributed by atoms with Gasteiger partial charge in [-0.15, -0.1) is 11.3 Å². The number of amides is 1. The van der Waals surface area contributed by atoms with E-state index < -0.39 is 23.9 Å². The third kappa shape index (κ3) is 4.45. The Labute approximate surface area is 131 Å². The Kier molecular flexibility index (Phi) is 4.89. The second-order valence-electron chi connectivity index (χ2n) is 4.23. The number of carbonyl (C=O) groups is 2. The van der Waals surface area contributed by atoms with E-state index in [9.17, 15) is 22.8 Å². The van der Waals surface area contributed by atoms with Gasteiger partial charge in [-0.2, -0.15) is 13.2 Å². The summed E-state index contributed by atoms with van der Waals surface area (Å²) in [6, 6.07) is 0. The molecule has 0 radical (unpaired) electrons. The molecule has 2 heterocycles. The minimum Gasteiger partial charge on any atom is -0.476 e. The van der Waals surface area contributed by atoms with Crippen LogP contribution in [0.1, 0.15) is 31.7 Å². The third-order valence-electron chi connectivity index (χ3n) is 2.56. The molecular weight excluding hydrogens is 337 g/mol. The molecule has 0 unspecified atom stereocenters. The van der Waals surface area contributed by atoms with E-state index in [0.717, 1.165) is 23.7 Å². The van der Waals surface area contributed by atoms with Crippen LogP contribution >= 0.6 is 11.3 Å². The molecule has 1 amide bonds. The van der Waals surface area contributed by atoms with Gasteiger partial charge in [0.2, 0.25) is 5.82 Å². The number of thiazole rings is 1. The van der Waals surface area contributed by atoms with Gasteiger partial charge in [-0.25, -0.2) is 19.7 Å². The topological polar surface area (TPSA) is 105 Å². The Morgan fingerprint density at radius 2 is 1.91 bits per heavy atom. The lowest BCUT2D eigenvalue weighted by molar-refractivity contribution is -0.145. The van der Waals surface area contributed by atoms with Crippen molar-refractivity contribution >= 4 is 23.2 Å². The van der Waals surface area contributed by atoms with Crippen LogP contribution in [-0.2, 0) is 12.6 Å². The van der Waals surface area contributed by atoms with E-state index in [2.05, 4.69) is 20.3 Å². The summed E-state index contributed by atoms with van der Waals surface area (Å²) < 4.78 is 36.9. The summed E-state index contributed by atoms with van der Waals surface area (Å²) >= 11 is 1.14. The molecule has 0 bridgehead atoms. The van der Waals surface area contributed by atoms with Crippen molar-refractivity contribution in [3.8, 4) is 0 Å². The largest absolute Gasteiger partial charge is 0.476 e. The summed E-state index contributed by atoms with van der Waals surface area (Å²) in [5.41, 5.74) is -0.184. The number of hydrogen-bond acceptors (Lipinski definition) is 6. The van der Waals surface area contributed by atoms with Crippen LogP contribution in [-0.4, -0.2) is 38.5 Å². The molecule has 0 atom stereocenters. The first-order chi connectivity index (χ1) is 10.8. The van der Waals surface area contributed by atoms with Crippen molar-refractivity contribution in [1.29, 1.82) is 0 Å². The lowest BCUT2D eigenvalue weighted by Crippen LogP contribution is -2.26. The van der Waals surface area contributed by atoms with Crippen molar-refractivity contribution in [1.82, 2.24) is 20.3 Å². The highest BCUT2D eigenvalue weighted by Crippen LogP contribution is 2.25. The maximum absolute atomic E-state index is 12.3. The summed E-state index contributed by atoms with van der Waals surface area (Å²) in [7, 11) is 0. The van der Waals surface area contributed by atoms with Gasteiger partial charge in [-0.1, -0.05) is 0 Å². The fourth-order valence-electron chi connectivity index (χ4n) is 1.50. The molecule has 0 spiro atoms. The molecule has 0 saturated carbocycles. The Bertz CT molecular complexity index is 715. The number of rotatable bonds is 5. The van der Waals surface area contributed by atoms with Crippen molar-refractivity contribution in [2.24, 2.45) is 0 Å². The van der Waals surface area contributed by atoms with Crippen molar-refractivity contribution < 1.29 is 27.9 Å². The Balaban J connectivity index is 1.88. The SMILES string of the molecule is O=C(NCCc1nc(C(=O)O)cs1)c1cnc(C(F)(F)F)nc1. The van der Waals surface area contributed by atoms with E-state index in [1.165, 1.54) is 5.38 Å². The lowest BCUT2D eigenvalue weighted by atomic mass is 10.3. The van der Waals surface area contributed by atoms with E-state index >= 15 is 0 Å². The number of halogens is 3. The number of aromatic nitrogens is 3. The molecule has 0 fully saturated rings. The van der Waals surface area contributed by atoms with Crippen molar-refractivity contribution in [3.63, 3.8) is 0 Å². The number of carboxylic acids is 1. The van der Waals surface area contributed by atoms with Gasteiger partial charge in [0, 0.05) is 30.7 Å². The molecule has 2 aromatic rings. The van der Waals surface area contributed by atoms with Crippen LogP contribution in [0.3, 0.4) is 0 Å². The molecular formula is C12H9F3N4O3S. The fraction of sp³-hybridized carbons (Fsp3) is 0.250. The zero-order valence-corrected chi connectivity index (χ0v) is 12.1. The highest BCUT2D eigenvalue weighted by atomic mass is 32.1. The molecule has 122 valence electrons. The van der Waals surface area contributed by atoms with Gasteiger partial charge in [0.15, 0.2) is 5.69 Å². The fourth-order valence-corrected chi connectivity index (χ4v) is 2.27. The highest BCUT2D eigenvalue weighted by molar-refractivity contribution is 7.09. The number of nitrogens with one attached hydrogen (secondary N) is 1. The monoisotopic (exact) mass is 346 g/mol. The first kappa shape index (κ1) is 16.8. The smallest absolute Gasteiger partial charge is 0.451 e.